The van der Waals surface area contributed by atoms with Gasteiger partial charge in [0.15, 0.2) is 0 Å². The molecule has 2 aromatic rings. The molecule has 1 fully saturated rings. The van der Waals surface area contributed by atoms with Crippen LogP contribution in [0.15, 0.2) is 30.3 Å². The number of ether oxygens (including phenoxy) is 2. The van der Waals surface area contributed by atoms with Crippen LogP contribution in [-0.4, -0.2) is 51.3 Å². The highest BCUT2D eigenvalue weighted by atomic mass is 16.6. The zero-order chi connectivity index (χ0) is 25.3. The molecule has 1 aliphatic rings. The summed E-state index contributed by atoms with van der Waals surface area (Å²) in [7, 11) is 0. The molecule has 0 aliphatic carbocycles. The number of aromatic hydroxyl groups is 1. The van der Waals surface area contributed by atoms with Crippen molar-refractivity contribution in [1.29, 1.82) is 0 Å². The zero-order valence-corrected chi connectivity index (χ0v) is 20.8. The predicted molar refractivity (Wildman–Crippen MR) is 131 cm³/mol. The van der Waals surface area contributed by atoms with Gasteiger partial charge in [-0.2, -0.15) is 0 Å². The molecule has 0 bridgehead atoms. The first-order valence-electron chi connectivity index (χ1n) is 11.6. The van der Waals surface area contributed by atoms with Gasteiger partial charge in [-0.25, -0.2) is 14.6 Å². The van der Waals surface area contributed by atoms with E-state index < -0.39 is 17.2 Å². The molecular weight excluding hydrogens is 434 g/mol. The lowest BCUT2D eigenvalue weighted by atomic mass is 9.86. The van der Waals surface area contributed by atoms with Crippen LogP contribution in [0.2, 0.25) is 0 Å². The second-order valence-electron chi connectivity index (χ2n) is 10.6. The summed E-state index contributed by atoms with van der Waals surface area (Å²) >= 11 is 0. The number of nitrogens with zero attached hydrogens (tertiary/aromatic N) is 2. The Bertz CT molecular complexity index is 1070. The van der Waals surface area contributed by atoms with Crippen LogP contribution in [0.3, 0.4) is 0 Å². The number of esters is 1. The maximum atomic E-state index is 12.9. The standard InChI is InChI=1S/C26H35N3O5/c1-25(2,3)33-23(31)19-14-18(21(28-22(19)27)17-11-7-8-12-20(17)30)16-10-9-13-29(15-16)24(32)34-26(4,5)6/h7-8,11-12,14,16,30H,9-10,13,15H2,1-6H3,(H2,27,28). The van der Waals surface area contributed by atoms with Gasteiger partial charge >= 0.3 is 12.1 Å². The van der Waals surface area contributed by atoms with Gasteiger partial charge in [0.25, 0.3) is 0 Å². The van der Waals surface area contributed by atoms with Crippen molar-refractivity contribution >= 4 is 17.9 Å². The number of carbonyl (C=O) groups excluding carboxylic acids is 2. The Balaban J connectivity index is 2.05. The number of benzene rings is 1. The van der Waals surface area contributed by atoms with Gasteiger partial charge in [0.05, 0.1) is 5.69 Å². The van der Waals surface area contributed by atoms with Gasteiger partial charge in [-0.05, 0) is 78.1 Å². The number of phenolic OH excluding ortho intramolecular Hbond substituents is 1. The SMILES string of the molecule is CC(C)(C)OC(=O)c1cc(C2CCCN(C(=O)OC(C)(C)C)C2)c(-c2ccccc2O)nc1N. The molecule has 3 rings (SSSR count). The van der Waals surface area contributed by atoms with Crippen LogP contribution in [0.25, 0.3) is 11.3 Å². The van der Waals surface area contributed by atoms with E-state index in [0.29, 0.717) is 24.3 Å². The van der Waals surface area contributed by atoms with Crippen LogP contribution in [0.4, 0.5) is 10.6 Å². The van der Waals surface area contributed by atoms with Crippen molar-refractivity contribution in [2.45, 2.75) is 71.5 Å². The number of likely N-dealkylation sites (tertiary alicyclic amines) is 1. The third-order valence-corrected chi connectivity index (χ3v) is 5.37. The summed E-state index contributed by atoms with van der Waals surface area (Å²) in [6.45, 7) is 11.8. The minimum Gasteiger partial charge on any atom is -0.507 e. The van der Waals surface area contributed by atoms with E-state index in [2.05, 4.69) is 4.98 Å². The zero-order valence-electron chi connectivity index (χ0n) is 20.8. The van der Waals surface area contributed by atoms with Gasteiger partial charge in [-0.15, -0.1) is 0 Å². The van der Waals surface area contributed by atoms with E-state index in [1.807, 2.05) is 20.8 Å². The third-order valence-electron chi connectivity index (χ3n) is 5.37. The maximum absolute atomic E-state index is 12.9. The molecule has 1 aromatic heterocycles. The van der Waals surface area contributed by atoms with Crippen LogP contribution in [-0.2, 0) is 9.47 Å². The van der Waals surface area contributed by atoms with E-state index in [0.717, 1.165) is 18.4 Å². The smallest absolute Gasteiger partial charge is 0.410 e. The normalized spacial score (nSPS) is 16.8. The lowest BCUT2D eigenvalue weighted by Gasteiger charge is -2.35. The van der Waals surface area contributed by atoms with Crippen LogP contribution in [0.5, 0.6) is 5.75 Å². The molecule has 3 N–H and O–H groups in total. The van der Waals surface area contributed by atoms with Crippen LogP contribution < -0.4 is 5.73 Å². The van der Waals surface area contributed by atoms with E-state index in [4.69, 9.17) is 15.2 Å². The number of aromatic nitrogens is 1. The molecule has 8 nitrogen and oxygen atoms in total. The molecule has 0 radical (unpaired) electrons. The first-order valence-corrected chi connectivity index (χ1v) is 11.6. The Morgan fingerprint density at radius 2 is 1.74 bits per heavy atom. The highest BCUT2D eigenvalue weighted by Crippen LogP contribution is 2.39. The largest absolute Gasteiger partial charge is 0.507 e. The number of phenols is 1. The Hall–Kier alpha value is -3.29. The molecule has 1 aromatic carbocycles. The Labute approximate surface area is 201 Å². The second-order valence-corrected chi connectivity index (χ2v) is 10.6. The van der Waals surface area contributed by atoms with Crippen LogP contribution in [0, 0.1) is 0 Å². The van der Waals surface area contributed by atoms with Crippen molar-refractivity contribution in [2.24, 2.45) is 0 Å². The summed E-state index contributed by atoms with van der Waals surface area (Å²) in [6, 6.07) is 8.55. The fraction of sp³-hybridized carbons (Fsp3) is 0.500. The van der Waals surface area contributed by atoms with Crippen molar-refractivity contribution in [2.75, 3.05) is 18.8 Å². The molecule has 8 heteroatoms. The molecule has 0 saturated carbocycles. The molecular formula is C26H35N3O5. The number of para-hydroxylation sites is 1. The average Bonchev–Trinajstić information content (AvgIpc) is 2.71. The van der Waals surface area contributed by atoms with Crippen molar-refractivity contribution < 1.29 is 24.2 Å². The maximum Gasteiger partial charge on any atom is 0.410 e. The van der Waals surface area contributed by atoms with Gasteiger partial charge < -0.3 is 25.2 Å². The number of hydrogen-bond acceptors (Lipinski definition) is 7. The predicted octanol–water partition coefficient (Wildman–Crippen LogP) is 5.11. The molecule has 1 aliphatic heterocycles. The van der Waals surface area contributed by atoms with E-state index in [9.17, 15) is 14.7 Å². The summed E-state index contributed by atoms with van der Waals surface area (Å²) in [5.74, 6) is -0.621. The van der Waals surface area contributed by atoms with E-state index in [1.165, 1.54) is 0 Å². The second kappa shape index (κ2) is 9.52. The quantitative estimate of drug-likeness (QED) is 0.601. The molecule has 1 atom stereocenters. The number of nitrogens with two attached hydrogens (primary N) is 1. The highest BCUT2D eigenvalue weighted by Gasteiger charge is 2.32. The highest BCUT2D eigenvalue weighted by molar-refractivity contribution is 5.95. The van der Waals surface area contributed by atoms with E-state index in [-0.39, 0.29) is 29.1 Å². The number of hydrogen-bond donors (Lipinski definition) is 2. The lowest BCUT2D eigenvalue weighted by Crippen LogP contribution is -2.42. The topological polar surface area (TPSA) is 115 Å². The summed E-state index contributed by atoms with van der Waals surface area (Å²) in [5.41, 5.74) is 6.78. The van der Waals surface area contributed by atoms with Crippen LogP contribution in [0.1, 0.15) is 76.2 Å². The minimum atomic E-state index is -0.696. The fourth-order valence-corrected chi connectivity index (χ4v) is 3.96. The monoisotopic (exact) mass is 469 g/mol. The number of pyridine rings is 1. The molecule has 2 heterocycles. The van der Waals surface area contributed by atoms with Crippen molar-refractivity contribution in [3.8, 4) is 17.0 Å². The molecule has 34 heavy (non-hydrogen) atoms. The van der Waals surface area contributed by atoms with Crippen molar-refractivity contribution in [3.05, 3.63) is 41.5 Å². The number of anilines is 1. The van der Waals surface area contributed by atoms with Gasteiger partial charge in [-0.3, -0.25) is 0 Å². The third kappa shape index (κ3) is 6.18. The summed E-state index contributed by atoms with van der Waals surface area (Å²) in [4.78, 5) is 31.8. The Kier molecular flexibility index (Phi) is 7.10. The molecule has 0 spiro atoms. The number of carbonyl (C=O) groups is 2. The molecule has 1 saturated heterocycles. The number of piperidine rings is 1. The van der Waals surface area contributed by atoms with Gasteiger partial charge in [0, 0.05) is 24.6 Å². The Morgan fingerprint density at radius 1 is 1.09 bits per heavy atom. The number of nitrogen functional groups attached to an aromatic ring is 1. The minimum absolute atomic E-state index is 0.0241. The average molecular weight is 470 g/mol. The van der Waals surface area contributed by atoms with Gasteiger partial charge in [0.2, 0.25) is 0 Å². The van der Waals surface area contributed by atoms with Crippen LogP contribution >= 0.6 is 0 Å². The Morgan fingerprint density at radius 3 is 2.35 bits per heavy atom. The van der Waals surface area contributed by atoms with E-state index in [1.54, 1.807) is 56.0 Å². The van der Waals surface area contributed by atoms with Gasteiger partial charge in [0.1, 0.15) is 28.3 Å². The van der Waals surface area contributed by atoms with E-state index >= 15 is 0 Å². The molecule has 1 amide bonds. The van der Waals surface area contributed by atoms with Crippen molar-refractivity contribution in [3.63, 3.8) is 0 Å². The first kappa shape index (κ1) is 25.3. The lowest BCUT2D eigenvalue weighted by molar-refractivity contribution is 0.00684. The molecule has 184 valence electrons. The fourth-order valence-electron chi connectivity index (χ4n) is 3.96. The number of amides is 1. The van der Waals surface area contributed by atoms with Crippen molar-refractivity contribution in [1.82, 2.24) is 9.88 Å². The first-order chi connectivity index (χ1) is 15.7. The summed E-state index contributed by atoms with van der Waals surface area (Å²) in [5, 5.41) is 10.5. The summed E-state index contributed by atoms with van der Waals surface area (Å²) < 4.78 is 11.1. The summed E-state index contributed by atoms with van der Waals surface area (Å²) in [6.07, 6.45) is 1.16. The number of rotatable bonds is 3. The van der Waals surface area contributed by atoms with Gasteiger partial charge in [-0.1, -0.05) is 12.1 Å². The molecule has 1 unspecified atom stereocenters.